The van der Waals surface area contributed by atoms with E-state index < -0.39 is 0 Å². The van der Waals surface area contributed by atoms with Gasteiger partial charge in [-0.2, -0.15) is 0 Å². The standard InChI is InChI=1S/C8H7BrFN/c1-5(11)6-3-2-4-7(9)8(6)10/h2-4,11H,1H3. The van der Waals surface area contributed by atoms with Crippen LogP contribution in [-0.4, -0.2) is 5.71 Å². The number of hydrogen-bond acceptors (Lipinski definition) is 1. The Labute approximate surface area is 72.9 Å². The van der Waals surface area contributed by atoms with E-state index in [1.165, 1.54) is 0 Å². The first-order valence-electron chi connectivity index (χ1n) is 3.12. The SMILES string of the molecule is CC(=N)c1cccc(Br)c1F. The van der Waals surface area contributed by atoms with E-state index in [4.69, 9.17) is 5.41 Å². The topological polar surface area (TPSA) is 23.9 Å². The van der Waals surface area contributed by atoms with Crippen molar-refractivity contribution in [3.63, 3.8) is 0 Å². The molecule has 0 heterocycles. The minimum atomic E-state index is -0.361. The third-order valence-electron chi connectivity index (χ3n) is 1.36. The highest BCUT2D eigenvalue weighted by molar-refractivity contribution is 9.10. The third kappa shape index (κ3) is 1.66. The minimum absolute atomic E-state index is 0.240. The summed E-state index contributed by atoms with van der Waals surface area (Å²) >= 11 is 3.04. The molecule has 0 aliphatic heterocycles. The van der Waals surface area contributed by atoms with E-state index in [1.807, 2.05) is 0 Å². The number of benzene rings is 1. The predicted molar refractivity (Wildman–Crippen MR) is 46.6 cm³/mol. The first kappa shape index (κ1) is 8.40. The Morgan fingerprint density at radius 2 is 2.18 bits per heavy atom. The molecule has 0 saturated heterocycles. The molecule has 0 fully saturated rings. The average Bonchev–Trinajstić information content (AvgIpc) is 1.94. The quantitative estimate of drug-likeness (QED) is 0.697. The molecule has 1 aromatic carbocycles. The van der Waals surface area contributed by atoms with Crippen molar-refractivity contribution in [1.82, 2.24) is 0 Å². The van der Waals surface area contributed by atoms with E-state index in [-0.39, 0.29) is 11.5 Å². The highest BCUT2D eigenvalue weighted by atomic mass is 79.9. The molecule has 1 nitrogen and oxygen atoms in total. The Bertz CT molecular complexity index is 296. The second-order valence-corrected chi connectivity index (χ2v) is 3.08. The van der Waals surface area contributed by atoms with E-state index in [2.05, 4.69) is 15.9 Å². The van der Waals surface area contributed by atoms with Gasteiger partial charge in [0.05, 0.1) is 4.47 Å². The van der Waals surface area contributed by atoms with Gasteiger partial charge in [-0.05, 0) is 28.9 Å². The fourth-order valence-corrected chi connectivity index (χ4v) is 1.16. The molecule has 58 valence electrons. The molecular weight excluding hydrogens is 209 g/mol. The first-order chi connectivity index (χ1) is 5.13. The van der Waals surface area contributed by atoms with Crippen molar-refractivity contribution in [2.45, 2.75) is 6.92 Å². The van der Waals surface area contributed by atoms with Crippen molar-refractivity contribution < 1.29 is 4.39 Å². The molecule has 1 aromatic rings. The Kier molecular flexibility index (Phi) is 2.39. The van der Waals surface area contributed by atoms with Crippen LogP contribution in [-0.2, 0) is 0 Å². The summed E-state index contributed by atoms with van der Waals surface area (Å²) in [5.41, 5.74) is 0.586. The normalized spacial score (nSPS) is 9.73. The summed E-state index contributed by atoms with van der Waals surface area (Å²) in [5, 5.41) is 7.21. The Morgan fingerprint density at radius 3 is 2.64 bits per heavy atom. The van der Waals surface area contributed by atoms with Gasteiger partial charge in [0.15, 0.2) is 0 Å². The maximum atomic E-state index is 13.1. The van der Waals surface area contributed by atoms with Crippen molar-refractivity contribution in [1.29, 1.82) is 5.41 Å². The van der Waals surface area contributed by atoms with Crippen LogP contribution in [0.15, 0.2) is 22.7 Å². The van der Waals surface area contributed by atoms with Gasteiger partial charge in [0.2, 0.25) is 0 Å². The summed E-state index contributed by atoms with van der Waals surface area (Å²) < 4.78 is 13.5. The van der Waals surface area contributed by atoms with E-state index in [0.717, 1.165) is 0 Å². The van der Waals surface area contributed by atoms with Crippen molar-refractivity contribution in [2.24, 2.45) is 0 Å². The molecule has 0 spiro atoms. The summed E-state index contributed by atoms with van der Waals surface area (Å²) in [7, 11) is 0. The van der Waals surface area contributed by atoms with Gasteiger partial charge in [-0.1, -0.05) is 12.1 Å². The lowest BCUT2D eigenvalue weighted by molar-refractivity contribution is 0.618. The molecule has 0 atom stereocenters. The van der Waals surface area contributed by atoms with Gasteiger partial charge in [0.25, 0.3) is 0 Å². The lowest BCUT2D eigenvalue weighted by Gasteiger charge is -2.00. The number of hydrogen-bond donors (Lipinski definition) is 1. The molecule has 1 rings (SSSR count). The Morgan fingerprint density at radius 1 is 1.55 bits per heavy atom. The highest BCUT2D eigenvalue weighted by Gasteiger charge is 2.05. The summed E-state index contributed by atoms with van der Waals surface area (Å²) in [5.74, 6) is -0.361. The van der Waals surface area contributed by atoms with Crippen molar-refractivity contribution in [3.8, 4) is 0 Å². The number of rotatable bonds is 1. The second-order valence-electron chi connectivity index (χ2n) is 2.23. The molecule has 0 bridgehead atoms. The largest absolute Gasteiger partial charge is 0.305 e. The molecule has 0 radical (unpaired) electrons. The Balaban J connectivity index is 3.27. The van der Waals surface area contributed by atoms with E-state index in [0.29, 0.717) is 10.0 Å². The van der Waals surface area contributed by atoms with Gasteiger partial charge in [0, 0.05) is 11.3 Å². The molecule has 0 aliphatic rings. The molecular formula is C8H7BrFN. The van der Waals surface area contributed by atoms with Crippen molar-refractivity contribution in [3.05, 3.63) is 34.1 Å². The maximum absolute atomic E-state index is 13.1. The summed E-state index contributed by atoms with van der Waals surface area (Å²) in [6, 6.07) is 4.91. The number of halogens is 2. The van der Waals surface area contributed by atoms with Crippen LogP contribution in [0, 0.1) is 11.2 Å². The molecule has 0 amide bonds. The van der Waals surface area contributed by atoms with Gasteiger partial charge in [-0.25, -0.2) is 4.39 Å². The summed E-state index contributed by atoms with van der Waals surface area (Å²) in [6.07, 6.45) is 0. The highest BCUT2D eigenvalue weighted by Crippen LogP contribution is 2.18. The molecule has 0 saturated carbocycles. The second kappa shape index (κ2) is 3.13. The van der Waals surface area contributed by atoms with Crippen molar-refractivity contribution in [2.75, 3.05) is 0 Å². The molecule has 0 unspecified atom stereocenters. The van der Waals surface area contributed by atoms with Crippen LogP contribution >= 0.6 is 15.9 Å². The lowest BCUT2D eigenvalue weighted by Crippen LogP contribution is -1.96. The maximum Gasteiger partial charge on any atom is 0.146 e. The molecule has 11 heavy (non-hydrogen) atoms. The smallest absolute Gasteiger partial charge is 0.146 e. The Hall–Kier alpha value is -0.700. The fourth-order valence-electron chi connectivity index (χ4n) is 0.793. The van der Waals surface area contributed by atoms with Gasteiger partial charge in [-0.3, -0.25) is 0 Å². The molecule has 0 aromatic heterocycles. The third-order valence-corrected chi connectivity index (χ3v) is 1.97. The van der Waals surface area contributed by atoms with Crippen LogP contribution in [0.3, 0.4) is 0 Å². The zero-order valence-corrected chi connectivity index (χ0v) is 7.57. The fraction of sp³-hybridized carbons (Fsp3) is 0.125. The van der Waals surface area contributed by atoms with E-state index in [1.54, 1.807) is 25.1 Å². The van der Waals surface area contributed by atoms with Crippen LogP contribution in [0.25, 0.3) is 0 Å². The molecule has 1 N–H and O–H groups in total. The van der Waals surface area contributed by atoms with Gasteiger partial charge in [-0.15, -0.1) is 0 Å². The molecule has 3 heteroatoms. The predicted octanol–water partition coefficient (Wildman–Crippen LogP) is 2.98. The first-order valence-corrected chi connectivity index (χ1v) is 3.91. The van der Waals surface area contributed by atoms with E-state index >= 15 is 0 Å². The summed E-state index contributed by atoms with van der Waals surface area (Å²) in [4.78, 5) is 0. The number of nitrogens with one attached hydrogen (secondary N) is 1. The zero-order chi connectivity index (χ0) is 8.43. The zero-order valence-electron chi connectivity index (χ0n) is 5.99. The van der Waals surface area contributed by atoms with Gasteiger partial charge < -0.3 is 5.41 Å². The van der Waals surface area contributed by atoms with Crippen molar-refractivity contribution >= 4 is 21.6 Å². The lowest BCUT2D eigenvalue weighted by atomic mass is 10.1. The molecule has 0 aliphatic carbocycles. The van der Waals surface area contributed by atoms with Gasteiger partial charge in [0.1, 0.15) is 5.82 Å². The van der Waals surface area contributed by atoms with Gasteiger partial charge >= 0.3 is 0 Å². The van der Waals surface area contributed by atoms with Crippen LogP contribution < -0.4 is 0 Å². The summed E-state index contributed by atoms with van der Waals surface area (Å²) in [6.45, 7) is 1.56. The monoisotopic (exact) mass is 215 g/mol. The van der Waals surface area contributed by atoms with Crippen LogP contribution in [0.1, 0.15) is 12.5 Å². The van der Waals surface area contributed by atoms with E-state index in [9.17, 15) is 4.39 Å². The van der Waals surface area contributed by atoms with Crippen LogP contribution in [0.5, 0.6) is 0 Å². The minimum Gasteiger partial charge on any atom is -0.305 e. The van der Waals surface area contributed by atoms with Crippen LogP contribution in [0.4, 0.5) is 4.39 Å². The average molecular weight is 216 g/mol. The van der Waals surface area contributed by atoms with Crippen LogP contribution in [0.2, 0.25) is 0 Å².